The van der Waals surface area contributed by atoms with Gasteiger partial charge in [0, 0.05) is 34.8 Å². The number of thioether (sulfide) groups is 1. The Balaban J connectivity index is 1.88. The molecule has 0 saturated heterocycles. The number of amides is 2. The van der Waals surface area contributed by atoms with Crippen LogP contribution in [-0.4, -0.2) is 34.0 Å². The lowest BCUT2D eigenvalue weighted by Crippen LogP contribution is -2.54. The van der Waals surface area contributed by atoms with E-state index in [1.807, 2.05) is 51.1 Å². The number of nitrogens with zero attached hydrogens (tertiary/aromatic N) is 1. The Morgan fingerprint density at radius 1 is 0.946 bits per heavy atom. The molecule has 0 unspecified atom stereocenters. The molecule has 1 N–H and O–H groups in total. The van der Waals surface area contributed by atoms with E-state index in [1.54, 1.807) is 18.2 Å². The Hall–Kier alpha value is -2.90. The van der Waals surface area contributed by atoms with Crippen LogP contribution in [0.4, 0.5) is 8.78 Å². The van der Waals surface area contributed by atoms with E-state index in [0.717, 1.165) is 5.56 Å². The summed E-state index contributed by atoms with van der Waals surface area (Å²) in [7, 11) is 0. The van der Waals surface area contributed by atoms with Crippen LogP contribution in [0.3, 0.4) is 0 Å². The lowest BCUT2D eigenvalue weighted by atomic mass is 10.0. The van der Waals surface area contributed by atoms with Gasteiger partial charge in [0.1, 0.15) is 17.7 Å². The van der Waals surface area contributed by atoms with Crippen molar-refractivity contribution in [2.24, 2.45) is 0 Å². The Labute approximate surface area is 226 Å². The van der Waals surface area contributed by atoms with E-state index in [4.69, 9.17) is 11.6 Å². The van der Waals surface area contributed by atoms with Crippen LogP contribution >= 0.6 is 23.4 Å². The zero-order valence-electron chi connectivity index (χ0n) is 21.1. The van der Waals surface area contributed by atoms with Crippen molar-refractivity contribution in [3.8, 4) is 0 Å². The highest BCUT2D eigenvalue weighted by Gasteiger charge is 2.32. The molecule has 0 saturated carbocycles. The second-order valence-corrected chi connectivity index (χ2v) is 11.2. The lowest BCUT2D eigenvalue weighted by molar-refractivity contribution is -0.140. The molecular weight excluding hydrogens is 514 g/mol. The summed E-state index contributed by atoms with van der Waals surface area (Å²) in [5.74, 6) is -1.16. The van der Waals surface area contributed by atoms with Crippen LogP contribution in [0.25, 0.3) is 0 Å². The second kappa shape index (κ2) is 13.1. The molecule has 0 spiro atoms. The quantitative estimate of drug-likeness (QED) is 0.321. The maximum Gasteiger partial charge on any atom is 0.243 e. The Kier molecular flexibility index (Phi) is 10.1. The Bertz CT molecular complexity index is 1180. The van der Waals surface area contributed by atoms with Crippen LogP contribution in [0.15, 0.2) is 72.8 Å². The third-order valence-electron chi connectivity index (χ3n) is 5.57. The van der Waals surface area contributed by atoms with Crippen molar-refractivity contribution in [1.82, 2.24) is 10.2 Å². The van der Waals surface area contributed by atoms with Gasteiger partial charge in [0.25, 0.3) is 0 Å². The monoisotopic (exact) mass is 544 g/mol. The van der Waals surface area contributed by atoms with Crippen LogP contribution in [-0.2, 0) is 28.3 Å². The third-order valence-corrected chi connectivity index (χ3v) is 6.87. The molecular formula is C29H31ClF2N2O2S. The van der Waals surface area contributed by atoms with Crippen molar-refractivity contribution in [2.45, 2.75) is 51.1 Å². The maximum absolute atomic E-state index is 14.2. The van der Waals surface area contributed by atoms with Gasteiger partial charge >= 0.3 is 0 Å². The molecule has 0 aromatic heterocycles. The van der Waals surface area contributed by atoms with E-state index in [0.29, 0.717) is 22.6 Å². The number of carbonyl (C=O) groups excluding carboxylic acids is 2. The fourth-order valence-electron chi connectivity index (χ4n) is 3.79. The fourth-order valence-corrected chi connectivity index (χ4v) is 5.04. The molecule has 3 aromatic rings. The first-order valence-corrected chi connectivity index (χ1v) is 13.5. The standard InChI is InChI=1S/C29H31ClF2N2O2S/c1-29(2,3)33-28(36)26(16-20-8-5-4-6-9-20)34(17-21-12-14-22(31)15-13-21)27(35)19-37-18-23-24(30)10-7-11-25(23)32/h4-15,26H,16-19H2,1-3H3,(H,33,36)/t26-/m0/s1. The number of rotatable bonds is 10. The summed E-state index contributed by atoms with van der Waals surface area (Å²) in [6.07, 6.45) is 0.305. The minimum atomic E-state index is -0.808. The minimum Gasteiger partial charge on any atom is -0.350 e. The number of nitrogens with one attached hydrogen (secondary N) is 1. The van der Waals surface area contributed by atoms with Gasteiger partial charge in [-0.2, -0.15) is 0 Å². The van der Waals surface area contributed by atoms with Crippen LogP contribution < -0.4 is 5.32 Å². The molecule has 4 nitrogen and oxygen atoms in total. The van der Waals surface area contributed by atoms with Crippen LogP contribution in [0.1, 0.15) is 37.5 Å². The molecule has 0 bridgehead atoms. The molecule has 196 valence electrons. The number of hydrogen-bond acceptors (Lipinski definition) is 3. The highest BCUT2D eigenvalue weighted by molar-refractivity contribution is 7.99. The Morgan fingerprint density at radius 3 is 2.24 bits per heavy atom. The third kappa shape index (κ3) is 8.86. The number of benzene rings is 3. The summed E-state index contributed by atoms with van der Waals surface area (Å²) in [6.45, 7) is 5.76. The van der Waals surface area contributed by atoms with E-state index in [2.05, 4.69) is 5.32 Å². The summed E-state index contributed by atoms with van der Waals surface area (Å²) in [6, 6.07) is 19.0. The van der Waals surface area contributed by atoms with Gasteiger partial charge in [0.05, 0.1) is 5.75 Å². The van der Waals surface area contributed by atoms with Gasteiger partial charge in [-0.15, -0.1) is 11.8 Å². The van der Waals surface area contributed by atoms with Gasteiger partial charge in [-0.05, 0) is 56.2 Å². The van der Waals surface area contributed by atoms with Crippen LogP contribution in [0.2, 0.25) is 5.02 Å². The van der Waals surface area contributed by atoms with Gasteiger partial charge < -0.3 is 10.2 Å². The van der Waals surface area contributed by atoms with Gasteiger partial charge in [-0.1, -0.05) is 60.1 Å². The average molecular weight is 545 g/mol. The largest absolute Gasteiger partial charge is 0.350 e. The fraction of sp³-hybridized carbons (Fsp3) is 0.310. The molecule has 0 heterocycles. The molecule has 2 amide bonds. The smallest absolute Gasteiger partial charge is 0.243 e. The zero-order valence-corrected chi connectivity index (χ0v) is 22.7. The second-order valence-electron chi connectivity index (χ2n) is 9.79. The van der Waals surface area contributed by atoms with Crippen molar-refractivity contribution in [3.63, 3.8) is 0 Å². The van der Waals surface area contributed by atoms with E-state index in [1.165, 1.54) is 40.9 Å². The zero-order chi connectivity index (χ0) is 27.0. The molecule has 3 rings (SSSR count). The first kappa shape index (κ1) is 28.7. The molecule has 1 atom stereocenters. The predicted molar refractivity (Wildman–Crippen MR) is 146 cm³/mol. The molecule has 0 radical (unpaired) electrons. The van der Waals surface area contributed by atoms with Crippen molar-refractivity contribution in [3.05, 3.63) is 106 Å². The summed E-state index contributed by atoms with van der Waals surface area (Å²) < 4.78 is 27.8. The molecule has 0 aliphatic carbocycles. The van der Waals surface area contributed by atoms with Gasteiger partial charge in [-0.25, -0.2) is 8.78 Å². The predicted octanol–water partition coefficient (Wildman–Crippen LogP) is 6.41. The maximum atomic E-state index is 14.2. The summed E-state index contributed by atoms with van der Waals surface area (Å²) in [5.41, 5.74) is 1.42. The van der Waals surface area contributed by atoms with Crippen molar-refractivity contribution in [2.75, 3.05) is 5.75 Å². The van der Waals surface area contributed by atoms with Gasteiger partial charge in [0.2, 0.25) is 11.8 Å². The normalized spacial score (nSPS) is 12.2. The van der Waals surface area contributed by atoms with Gasteiger partial charge in [-0.3, -0.25) is 9.59 Å². The molecule has 0 fully saturated rings. The molecule has 0 aliphatic rings. The lowest BCUT2D eigenvalue weighted by Gasteiger charge is -2.34. The minimum absolute atomic E-state index is 0.0138. The summed E-state index contributed by atoms with van der Waals surface area (Å²) >= 11 is 7.36. The van der Waals surface area contributed by atoms with E-state index < -0.39 is 17.4 Å². The Morgan fingerprint density at radius 2 is 1.62 bits per heavy atom. The van der Waals surface area contributed by atoms with Crippen molar-refractivity contribution < 1.29 is 18.4 Å². The van der Waals surface area contributed by atoms with Gasteiger partial charge in [0.15, 0.2) is 0 Å². The number of hydrogen-bond donors (Lipinski definition) is 1. The topological polar surface area (TPSA) is 49.4 Å². The average Bonchev–Trinajstić information content (AvgIpc) is 2.83. The molecule has 37 heavy (non-hydrogen) atoms. The molecule has 0 aliphatic heterocycles. The number of halogens is 3. The van der Waals surface area contributed by atoms with Crippen molar-refractivity contribution >= 4 is 35.2 Å². The summed E-state index contributed by atoms with van der Waals surface area (Å²) in [5, 5.41) is 3.30. The van der Waals surface area contributed by atoms with E-state index in [-0.39, 0.29) is 35.7 Å². The van der Waals surface area contributed by atoms with E-state index in [9.17, 15) is 18.4 Å². The van der Waals surface area contributed by atoms with Crippen LogP contribution in [0, 0.1) is 11.6 Å². The van der Waals surface area contributed by atoms with Crippen molar-refractivity contribution in [1.29, 1.82) is 0 Å². The highest BCUT2D eigenvalue weighted by Crippen LogP contribution is 2.25. The van der Waals surface area contributed by atoms with Crippen LogP contribution in [0.5, 0.6) is 0 Å². The number of carbonyl (C=O) groups is 2. The summed E-state index contributed by atoms with van der Waals surface area (Å²) in [4.78, 5) is 28.6. The molecule has 8 heteroatoms. The first-order chi connectivity index (χ1) is 17.5. The molecule has 3 aromatic carbocycles. The highest BCUT2D eigenvalue weighted by atomic mass is 35.5. The SMILES string of the molecule is CC(C)(C)NC(=O)[C@H](Cc1ccccc1)N(Cc1ccc(F)cc1)C(=O)CSCc1c(F)cccc1Cl. The van der Waals surface area contributed by atoms with E-state index >= 15 is 0 Å². The first-order valence-electron chi connectivity index (χ1n) is 11.9.